The van der Waals surface area contributed by atoms with E-state index in [1.807, 2.05) is 0 Å². The predicted molar refractivity (Wildman–Crippen MR) is 97.9 cm³/mol. The van der Waals surface area contributed by atoms with Crippen LogP contribution >= 0.6 is 11.6 Å². The number of benzene rings is 2. The lowest BCUT2D eigenvalue weighted by molar-refractivity contribution is -0.116. The van der Waals surface area contributed by atoms with Gasteiger partial charge in [0.1, 0.15) is 18.9 Å². The average Bonchev–Trinajstić information content (AvgIpc) is 2.92. The van der Waals surface area contributed by atoms with Crippen LogP contribution in [0.2, 0.25) is 5.02 Å². The van der Waals surface area contributed by atoms with Gasteiger partial charge in [0.05, 0.1) is 17.1 Å². The first-order valence-electron chi connectivity index (χ1n) is 7.88. The second-order valence-corrected chi connectivity index (χ2v) is 5.86. The fourth-order valence-corrected chi connectivity index (χ4v) is 2.67. The molecule has 0 fully saturated rings. The van der Waals surface area contributed by atoms with Crippen LogP contribution in [0.3, 0.4) is 0 Å². The minimum atomic E-state index is -0.582. The summed E-state index contributed by atoms with van der Waals surface area (Å²) >= 11 is 6.15. The molecule has 1 aromatic heterocycles. The molecule has 1 amide bonds. The van der Waals surface area contributed by atoms with Crippen molar-refractivity contribution in [1.82, 2.24) is 4.57 Å². The Morgan fingerprint density at radius 2 is 2.04 bits per heavy atom. The van der Waals surface area contributed by atoms with E-state index in [1.54, 1.807) is 49.6 Å². The van der Waals surface area contributed by atoms with E-state index in [9.17, 15) is 9.59 Å². The normalized spacial score (nSPS) is 10.8. The Bertz CT molecular complexity index is 979. The molecule has 0 atom stereocenters. The zero-order chi connectivity index (χ0) is 18.5. The highest BCUT2D eigenvalue weighted by Crippen LogP contribution is 2.27. The number of fused-ring (bicyclic) bond motifs is 1. The fourth-order valence-electron chi connectivity index (χ4n) is 2.44. The van der Waals surface area contributed by atoms with Crippen molar-refractivity contribution in [2.45, 2.75) is 6.54 Å². The summed E-state index contributed by atoms with van der Waals surface area (Å²) in [6, 6.07) is 11.8. The number of oxazole rings is 1. The number of nitrogens with one attached hydrogen (secondary N) is 1. The predicted octanol–water partition coefficient (Wildman–Crippen LogP) is 2.91. The van der Waals surface area contributed by atoms with E-state index in [4.69, 9.17) is 25.5 Å². The Labute approximate surface area is 154 Å². The van der Waals surface area contributed by atoms with Crippen LogP contribution in [0.15, 0.2) is 51.7 Å². The van der Waals surface area contributed by atoms with Crippen molar-refractivity contribution in [1.29, 1.82) is 0 Å². The molecule has 1 N–H and O–H groups in total. The van der Waals surface area contributed by atoms with Gasteiger partial charge in [0.15, 0.2) is 5.58 Å². The van der Waals surface area contributed by atoms with Gasteiger partial charge < -0.3 is 19.2 Å². The minimum Gasteiger partial charge on any atom is -0.490 e. The molecule has 0 radical (unpaired) electrons. The first-order chi connectivity index (χ1) is 12.6. The van der Waals surface area contributed by atoms with Gasteiger partial charge in [-0.05, 0) is 30.3 Å². The third-order valence-corrected chi connectivity index (χ3v) is 3.93. The summed E-state index contributed by atoms with van der Waals surface area (Å²) in [6.07, 6.45) is 0. The lowest BCUT2D eigenvalue weighted by atomic mass is 10.3. The lowest BCUT2D eigenvalue weighted by Gasteiger charge is -2.10. The SMILES string of the molecule is COCCOc1ccc(NC(=O)Cn2c(=O)oc3ccccc32)cc1Cl. The van der Waals surface area contributed by atoms with Crippen LogP contribution in [0.5, 0.6) is 5.75 Å². The Kier molecular flexibility index (Phi) is 5.60. The van der Waals surface area contributed by atoms with Crippen LogP contribution in [0.25, 0.3) is 11.1 Å². The monoisotopic (exact) mass is 376 g/mol. The van der Waals surface area contributed by atoms with Crippen molar-refractivity contribution in [3.05, 3.63) is 58.0 Å². The van der Waals surface area contributed by atoms with E-state index in [-0.39, 0.29) is 12.5 Å². The van der Waals surface area contributed by atoms with Gasteiger partial charge in [-0.2, -0.15) is 0 Å². The van der Waals surface area contributed by atoms with E-state index < -0.39 is 5.76 Å². The van der Waals surface area contributed by atoms with Gasteiger partial charge in [0.2, 0.25) is 5.91 Å². The van der Waals surface area contributed by atoms with Gasteiger partial charge in [-0.1, -0.05) is 23.7 Å². The number of ether oxygens (including phenoxy) is 2. The Morgan fingerprint density at radius 1 is 1.23 bits per heavy atom. The minimum absolute atomic E-state index is 0.167. The summed E-state index contributed by atoms with van der Waals surface area (Å²) < 4.78 is 16.8. The van der Waals surface area contributed by atoms with Gasteiger partial charge in [-0.15, -0.1) is 0 Å². The van der Waals surface area contributed by atoms with E-state index in [2.05, 4.69) is 5.32 Å². The number of anilines is 1. The first kappa shape index (κ1) is 18.0. The van der Waals surface area contributed by atoms with Crippen LogP contribution in [-0.2, 0) is 16.1 Å². The summed E-state index contributed by atoms with van der Waals surface area (Å²) in [7, 11) is 1.58. The summed E-state index contributed by atoms with van der Waals surface area (Å²) in [6.45, 7) is 0.653. The Balaban J connectivity index is 1.69. The number of carbonyl (C=O) groups is 1. The molecule has 0 aliphatic rings. The van der Waals surface area contributed by atoms with Crippen molar-refractivity contribution in [2.24, 2.45) is 0 Å². The molecule has 3 aromatic rings. The third-order valence-electron chi connectivity index (χ3n) is 3.64. The summed E-state index contributed by atoms with van der Waals surface area (Å²) in [5.74, 6) is -0.456. The summed E-state index contributed by atoms with van der Waals surface area (Å²) in [5, 5.41) is 3.07. The number of methoxy groups -OCH3 is 1. The number of amides is 1. The van der Waals surface area contributed by atoms with Crippen LogP contribution < -0.4 is 15.8 Å². The summed E-state index contributed by atoms with van der Waals surface area (Å²) in [4.78, 5) is 24.2. The molecule has 0 aliphatic carbocycles. The lowest BCUT2D eigenvalue weighted by Crippen LogP contribution is -2.24. The number of carbonyl (C=O) groups excluding carboxylic acids is 1. The van der Waals surface area contributed by atoms with E-state index >= 15 is 0 Å². The number of aromatic nitrogens is 1. The molecule has 0 bridgehead atoms. The van der Waals surface area contributed by atoms with Gasteiger partial charge in [0.25, 0.3) is 0 Å². The highest BCUT2D eigenvalue weighted by Gasteiger charge is 2.13. The topological polar surface area (TPSA) is 82.7 Å². The van der Waals surface area contributed by atoms with Gasteiger partial charge in [-0.3, -0.25) is 9.36 Å². The molecular weight excluding hydrogens is 360 g/mol. The Hall–Kier alpha value is -2.77. The molecule has 2 aromatic carbocycles. The molecule has 136 valence electrons. The van der Waals surface area contributed by atoms with Crippen molar-refractivity contribution >= 4 is 34.3 Å². The highest BCUT2D eigenvalue weighted by atomic mass is 35.5. The quantitative estimate of drug-likeness (QED) is 0.641. The zero-order valence-electron chi connectivity index (χ0n) is 14.0. The number of halogens is 1. The maximum absolute atomic E-state index is 12.3. The van der Waals surface area contributed by atoms with Crippen LogP contribution in [0, 0.1) is 0 Å². The average molecular weight is 377 g/mol. The number of hydrogen-bond donors (Lipinski definition) is 1. The molecule has 0 saturated carbocycles. The smallest absolute Gasteiger partial charge is 0.420 e. The summed E-state index contributed by atoms with van der Waals surface area (Å²) in [5.41, 5.74) is 1.50. The second-order valence-electron chi connectivity index (χ2n) is 5.46. The van der Waals surface area contributed by atoms with E-state index in [0.717, 1.165) is 0 Å². The zero-order valence-corrected chi connectivity index (χ0v) is 14.8. The first-order valence-corrected chi connectivity index (χ1v) is 8.26. The molecule has 26 heavy (non-hydrogen) atoms. The highest BCUT2D eigenvalue weighted by molar-refractivity contribution is 6.32. The fraction of sp³-hybridized carbons (Fsp3) is 0.222. The third kappa shape index (κ3) is 4.07. The molecular formula is C18H17ClN2O5. The molecule has 0 saturated heterocycles. The maximum atomic E-state index is 12.3. The molecule has 3 rings (SSSR count). The number of hydrogen-bond acceptors (Lipinski definition) is 5. The molecule has 0 spiro atoms. The largest absolute Gasteiger partial charge is 0.490 e. The maximum Gasteiger partial charge on any atom is 0.420 e. The standard InChI is InChI=1S/C18H17ClN2O5/c1-24-8-9-25-15-7-6-12(10-13(15)19)20-17(22)11-21-14-4-2-3-5-16(14)26-18(21)23/h2-7,10H,8-9,11H2,1H3,(H,20,22). The molecule has 1 heterocycles. The Morgan fingerprint density at radius 3 is 2.81 bits per heavy atom. The van der Waals surface area contributed by atoms with Crippen molar-refractivity contribution in [3.8, 4) is 5.75 Å². The molecule has 0 unspecified atom stereocenters. The van der Waals surface area contributed by atoms with Crippen LogP contribution in [0.1, 0.15) is 0 Å². The van der Waals surface area contributed by atoms with Crippen molar-refractivity contribution in [3.63, 3.8) is 0 Å². The number of nitrogens with zero attached hydrogens (tertiary/aromatic N) is 1. The number of para-hydroxylation sites is 2. The van der Waals surface area contributed by atoms with Crippen molar-refractivity contribution in [2.75, 3.05) is 25.6 Å². The van der Waals surface area contributed by atoms with Gasteiger partial charge >= 0.3 is 5.76 Å². The van der Waals surface area contributed by atoms with Gasteiger partial charge in [-0.25, -0.2) is 4.79 Å². The van der Waals surface area contributed by atoms with Crippen molar-refractivity contribution < 1.29 is 18.7 Å². The van der Waals surface area contributed by atoms with Gasteiger partial charge in [0, 0.05) is 12.8 Å². The molecule has 8 heteroatoms. The molecule has 0 aliphatic heterocycles. The number of rotatable bonds is 7. The van der Waals surface area contributed by atoms with Crippen LogP contribution in [-0.4, -0.2) is 30.8 Å². The second kappa shape index (κ2) is 8.07. The molecule has 7 nitrogen and oxygen atoms in total. The van der Waals surface area contributed by atoms with Crippen LogP contribution in [0.4, 0.5) is 5.69 Å². The van der Waals surface area contributed by atoms with E-state index in [1.165, 1.54) is 4.57 Å². The van der Waals surface area contributed by atoms with E-state index in [0.29, 0.717) is 40.8 Å².